The molecular formula is C10H20O3S. The average molecular weight is 220 g/mol. The van der Waals surface area contributed by atoms with Crippen molar-refractivity contribution in [3.63, 3.8) is 0 Å². The number of hydrogen-bond donors (Lipinski definition) is 1. The van der Waals surface area contributed by atoms with E-state index in [9.17, 15) is 8.42 Å². The largest absolute Gasteiger partial charge is 0.395 e. The van der Waals surface area contributed by atoms with Crippen molar-refractivity contribution in [2.45, 2.75) is 32.4 Å². The van der Waals surface area contributed by atoms with Crippen molar-refractivity contribution in [3.8, 4) is 0 Å². The lowest BCUT2D eigenvalue weighted by atomic mass is 9.89. The molecular weight excluding hydrogens is 200 g/mol. The zero-order valence-electron chi connectivity index (χ0n) is 9.16. The maximum Gasteiger partial charge on any atom is 0.152 e. The van der Waals surface area contributed by atoms with Gasteiger partial charge in [-0.3, -0.25) is 0 Å². The smallest absolute Gasteiger partial charge is 0.152 e. The number of hydrogen-bond acceptors (Lipinski definition) is 3. The molecule has 14 heavy (non-hydrogen) atoms. The Morgan fingerprint density at radius 1 is 1.50 bits per heavy atom. The van der Waals surface area contributed by atoms with Crippen LogP contribution in [0.1, 0.15) is 27.2 Å². The van der Waals surface area contributed by atoms with Crippen LogP contribution in [0.3, 0.4) is 0 Å². The molecule has 0 spiro atoms. The van der Waals surface area contributed by atoms with Crippen molar-refractivity contribution in [1.82, 2.24) is 0 Å². The average Bonchev–Trinajstić information content (AvgIpc) is 2.14. The molecule has 0 radical (unpaired) electrons. The summed E-state index contributed by atoms with van der Waals surface area (Å²) in [6.07, 6.45) is 2.04. The summed E-state index contributed by atoms with van der Waals surface area (Å²) in [5.74, 6) is 0.105. The normalized spacial score (nSPS) is 16.6. The number of aliphatic hydroxyl groups excluding tert-OH is 1. The third-order valence-electron chi connectivity index (χ3n) is 2.53. The van der Waals surface area contributed by atoms with E-state index in [-0.39, 0.29) is 17.6 Å². The highest BCUT2D eigenvalue weighted by molar-refractivity contribution is 7.91. The van der Waals surface area contributed by atoms with E-state index in [1.54, 1.807) is 26.8 Å². The first-order chi connectivity index (χ1) is 6.27. The van der Waals surface area contributed by atoms with Crippen molar-refractivity contribution in [3.05, 3.63) is 12.7 Å². The Bertz CT molecular complexity index is 280. The zero-order valence-corrected chi connectivity index (χ0v) is 9.97. The van der Waals surface area contributed by atoms with Crippen LogP contribution in [-0.4, -0.2) is 31.1 Å². The predicted octanol–water partition coefficient (Wildman–Crippen LogP) is 1.38. The van der Waals surface area contributed by atoms with Gasteiger partial charge in [0.05, 0.1) is 17.6 Å². The van der Waals surface area contributed by atoms with Crippen LogP contribution in [0.15, 0.2) is 12.7 Å². The standard InChI is InChI=1S/C10H20O3S/c1-5-10(4,8-11)6-7-14(12,13)9(2)3/h5,9,11H,1,6-8H2,2-4H3. The molecule has 0 aliphatic heterocycles. The number of aliphatic hydroxyl groups is 1. The highest BCUT2D eigenvalue weighted by Crippen LogP contribution is 2.23. The van der Waals surface area contributed by atoms with Gasteiger partial charge in [0.2, 0.25) is 0 Å². The molecule has 0 aromatic rings. The third-order valence-corrected chi connectivity index (χ3v) is 4.74. The van der Waals surface area contributed by atoms with Crippen LogP contribution in [-0.2, 0) is 9.84 Å². The van der Waals surface area contributed by atoms with Crippen LogP contribution < -0.4 is 0 Å². The van der Waals surface area contributed by atoms with Gasteiger partial charge < -0.3 is 5.11 Å². The Hall–Kier alpha value is -0.350. The van der Waals surface area contributed by atoms with Crippen LogP contribution in [0.2, 0.25) is 0 Å². The van der Waals surface area contributed by atoms with Gasteiger partial charge in [0.1, 0.15) is 0 Å². The van der Waals surface area contributed by atoms with E-state index >= 15 is 0 Å². The summed E-state index contributed by atoms with van der Waals surface area (Å²) in [4.78, 5) is 0. The molecule has 0 rings (SSSR count). The van der Waals surface area contributed by atoms with Gasteiger partial charge in [0.25, 0.3) is 0 Å². The molecule has 0 aliphatic carbocycles. The fourth-order valence-electron chi connectivity index (χ4n) is 0.857. The lowest BCUT2D eigenvalue weighted by Gasteiger charge is -2.22. The second-order valence-electron chi connectivity index (χ2n) is 4.18. The molecule has 3 nitrogen and oxygen atoms in total. The SMILES string of the molecule is C=CC(C)(CO)CCS(=O)(=O)C(C)C. The van der Waals surface area contributed by atoms with Crippen molar-refractivity contribution < 1.29 is 13.5 Å². The predicted molar refractivity (Wildman–Crippen MR) is 58.9 cm³/mol. The van der Waals surface area contributed by atoms with Crippen LogP contribution in [0.25, 0.3) is 0 Å². The van der Waals surface area contributed by atoms with E-state index < -0.39 is 15.3 Å². The minimum atomic E-state index is -3.01. The first-order valence-electron chi connectivity index (χ1n) is 4.73. The van der Waals surface area contributed by atoms with E-state index in [1.807, 2.05) is 0 Å². The fraction of sp³-hybridized carbons (Fsp3) is 0.800. The fourth-order valence-corrected chi connectivity index (χ4v) is 2.08. The van der Waals surface area contributed by atoms with Crippen LogP contribution in [0, 0.1) is 5.41 Å². The Morgan fingerprint density at radius 2 is 2.00 bits per heavy atom. The Balaban J connectivity index is 4.39. The monoisotopic (exact) mass is 220 g/mol. The second kappa shape index (κ2) is 4.94. The van der Waals surface area contributed by atoms with Crippen LogP contribution >= 0.6 is 0 Å². The molecule has 1 N–H and O–H groups in total. The summed E-state index contributed by atoms with van der Waals surface area (Å²) in [6, 6.07) is 0. The first-order valence-corrected chi connectivity index (χ1v) is 6.45. The van der Waals surface area contributed by atoms with Gasteiger partial charge in [-0.1, -0.05) is 13.0 Å². The first kappa shape index (κ1) is 13.7. The number of sulfone groups is 1. The van der Waals surface area contributed by atoms with Crippen molar-refractivity contribution in [2.75, 3.05) is 12.4 Å². The molecule has 84 valence electrons. The number of rotatable bonds is 6. The van der Waals surface area contributed by atoms with Gasteiger partial charge in [-0.2, -0.15) is 0 Å². The second-order valence-corrected chi connectivity index (χ2v) is 6.86. The maximum absolute atomic E-state index is 11.5. The lowest BCUT2D eigenvalue weighted by molar-refractivity contribution is 0.181. The molecule has 1 unspecified atom stereocenters. The third kappa shape index (κ3) is 3.80. The molecule has 0 aromatic carbocycles. The Kier molecular flexibility index (Phi) is 4.81. The van der Waals surface area contributed by atoms with E-state index in [1.165, 1.54) is 0 Å². The van der Waals surface area contributed by atoms with Crippen LogP contribution in [0.5, 0.6) is 0 Å². The molecule has 0 amide bonds. The van der Waals surface area contributed by atoms with E-state index in [0.29, 0.717) is 6.42 Å². The summed E-state index contributed by atoms with van der Waals surface area (Å²) < 4.78 is 23.0. The molecule has 1 atom stereocenters. The van der Waals surface area contributed by atoms with Gasteiger partial charge in [-0.05, 0) is 20.3 Å². The van der Waals surface area contributed by atoms with Gasteiger partial charge in [0.15, 0.2) is 9.84 Å². The quantitative estimate of drug-likeness (QED) is 0.688. The van der Waals surface area contributed by atoms with Crippen LogP contribution in [0.4, 0.5) is 0 Å². The minimum absolute atomic E-state index is 0.0654. The summed E-state index contributed by atoms with van der Waals surface area (Å²) in [5.41, 5.74) is -0.484. The van der Waals surface area contributed by atoms with Crippen molar-refractivity contribution >= 4 is 9.84 Å². The molecule has 0 saturated heterocycles. The molecule has 0 heterocycles. The lowest BCUT2D eigenvalue weighted by Crippen LogP contribution is -2.25. The highest BCUT2D eigenvalue weighted by Gasteiger charge is 2.24. The van der Waals surface area contributed by atoms with Gasteiger partial charge >= 0.3 is 0 Å². The molecule has 0 aliphatic rings. The molecule has 0 saturated carbocycles. The Morgan fingerprint density at radius 3 is 2.29 bits per heavy atom. The summed E-state index contributed by atoms with van der Waals surface area (Å²) in [7, 11) is -3.01. The van der Waals surface area contributed by atoms with E-state index in [4.69, 9.17) is 5.11 Å². The summed E-state index contributed by atoms with van der Waals surface area (Å²) >= 11 is 0. The van der Waals surface area contributed by atoms with Gasteiger partial charge in [-0.25, -0.2) is 8.42 Å². The molecule has 0 bridgehead atoms. The van der Waals surface area contributed by atoms with Crippen molar-refractivity contribution in [2.24, 2.45) is 5.41 Å². The van der Waals surface area contributed by atoms with Gasteiger partial charge in [-0.15, -0.1) is 6.58 Å². The summed E-state index contributed by atoms with van der Waals surface area (Å²) in [5, 5.41) is 8.70. The highest BCUT2D eigenvalue weighted by atomic mass is 32.2. The van der Waals surface area contributed by atoms with Gasteiger partial charge in [0, 0.05) is 5.41 Å². The molecule has 0 fully saturated rings. The molecule has 4 heteroatoms. The molecule has 0 aromatic heterocycles. The van der Waals surface area contributed by atoms with E-state index in [0.717, 1.165) is 0 Å². The maximum atomic E-state index is 11.5. The Labute approximate surface area is 86.8 Å². The topological polar surface area (TPSA) is 54.4 Å². The minimum Gasteiger partial charge on any atom is -0.395 e. The van der Waals surface area contributed by atoms with E-state index in [2.05, 4.69) is 6.58 Å². The summed E-state index contributed by atoms with van der Waals surface area (Å²) in [6.45, 7) is 8.66. The zero-order chi connectivity index (χ0) is 11.4. The van der Waals surface area contributed by atoms with Crippen molar-refractivity contribution in [1.29, 1.82) is 0 Å².